The topological polar surface area (TPSA) is 134 Å². The summed E-state index contributed by atoms with van der Waals surface area (Å²) >= 11 is 0. The second kappa shape index (κ2) is 65.1. The van der Waals surface area contributed by atoms with Crippen molar-refractivity contribution >= 4 is 19.8 Å². The van der Waals surface area contributed by atoms with Crippen molar-refractivity contribution in [2.24, 2.45) is 5.73 Å². The number of phosphoric acid groups is 1. The number of carbonyl (C=O) groups is 2. The van der Waals surface area contributed by atoms with Crippen molar-refractivity contribution in [2.75, 3.05) is 26.4 Å². The fourth-order valence-corrected chi connectivity index (χ4v) is 10.1. The van der Waals surface area contributed by atoms with Crippen LogP contribution >= 0.6 is 7.82 Å². The van der Waals surface area contributed by atoms with Crippen LogP contribution in [0, 0.1) is 0 Å². The van der Waals surface area contributed by atoms with Crippen molar-refractivity contribution in [1.82, 2.24) is 0 Å². The van der Waals surface area contributed by atoms with Crippen LogP contribution in [0.2, 0.25) is 0 Å². The highest BCUT2D eigenvalue weighted by Gasteiger charge is 2.26. The average Bonchev–Trinajstić information content (AvgIpc) is 3.45. The lowest BCUT2D eigenvalue weighted by molar-refractivity contribution is -0.161. The van der Waals surface area contributed by atoms with Crippen molar-refractivity contribution < 1.29 is 37.6 Å². The Labute approximate surface area is 493 Å². The highest BCUT2D eigenvalue weighted by atomic mass is 31.2. The summed E-state index contributed by atoms with van der Waals surface area (Å²) in [4.78, 5) is 35.2. The van der Waals surface area contributed by atoms with Crippen LogP contribution in [0.4, 0.5) is 0 Å². The van der Waals surface area contributed by atoms with E-state index >= 15 is 0 Å². The Morgan fingerprint density at radius 3 is 1.02 bits per heavy atom. The van der Waals surface area contributed by atoms with Gasteiger partial charge in [0, 0.05) is 19.4 Å². The number of ether oxygens (including phenoxy) is 2. The van der Waals surface area contributed by atoms with Crippen molar-refractivity contribution in [1.29, 1.82) is 0 Å². The first-order valence-corrected chi connectivity index (χ1v) is 34.7. The van der Waals surface area contributed by atoms with Gasteiger partial charge >= 0.3 is 19.8 Å². The zero-order valence-electron chi connectivity index (χ0n) is 51.8. The summed E-state index contributed by atoms with van der Waals surface area (Å²) in [5.41, 5.74) is 5.39. The maximum Gasteiger partial charge on any atom is 0.472 e. The van der Waals surface area contributed by atoms with Crippen molar-refractivity contribution in [3.8, 4) is 0 Å². The molecule has 0 amide bonds. The number of phosphoric ester groups is 1. The molecule has 0 spiro atoms. The molecule has 80 heavy (non-hydrogen) atoms. The van der Waals surface area contributed by atoms with E-state index in [-0.39, 0.29) is 38.6 Å². The van der Waals surface area contributed by atoms with Crippen LogP contribution in [-0.2, 0) is 32.7 Å². The fourth-order valence-electron chi connectivity index (χ4n) is 9.32. The molecule has 0 heterocycles. The standard InChI is InChI=1S/C70H124NO8P/c1-3-5-7-9-11-13-15-17-19-21-23-24-25-26-27-28-29-30-31-32-33-34-35-36-37-38-39-40-41-42-43-44-45-47-49-51-53-55-57-59-61-63-70(73)79-68(67-78-80(74,75)77-65-64-71)66-76-69(72)62-60-58-56-54-52-50-48-46-22-20-18-16-14-12-10-8-6-4-2/h5,7,11,13-14,16-17,19-20,22-24,26-27,29-30,68H,3-4,6,8-10,12,15,18,21,25,28,31-67,71H2,1-2H3,(H,74,75)/b7-5-,13-11-,16-14-,19-17-,22-20-,24-23-,27-26-,30-29-. The van der Waals surface area contributed by atoms with Gasteiger partial charge in [-0.3, -0.25) is 18.6 Å². The molecule has 0 aromatic heterocycles. The molecule has 0 aromatic rings. The van der Waals surface area contributed by atoms with Gasteiger partial charge in [0.25, 0.3) is 0 Å². The number of hydrogen-bond donors (Lipinski definition) is 2. The molecule has 0 bridgehead atoms. The third-order valence-electron chi connectivity index (χ3n) is 14.2. The van der Waals surface area contributed by atoms with E-state index in [2.05, 4.69) is 111 Å². The van der Waals surface area contributed by atoms with Gasteiger partial charge in [0.1, 0.15) is 6.61 Å². The van der Waals surface area contributed by atoms with E-state index < -0.39 is 26.5 Å². The molecular formula is C70H124NO8P. The predicted molar refractivity (Wildman–Crippen MR) is 344 cm³/mol. The van der Waals surface area contributed by atoms with E-state index in [1.807, 2.05) is 0 Å². The van der Waals surface area contributed by atoms with E-state index in [9.17, 15) is 19.0 Å². The van der Waals surface area contributed by atoms with E-state index in [4.69, 9.17) is 24.3 Å². The van der Waals surface area contributed by atoms with E-state index in [0.717, 1.165) is 96.3 Å². The van der Waals surface area contributed by atoms with Gasteiger partial charge < -0.3 is 20.1 Å². The van der Waals surface area contributed by atoms with Gasteiger partial charge in [0.05, 0.1) is 13.2 Å². The smallest absolute Gasteiger partial charge is 0.462 e. The highest BCUT2D eigenvalue weighted by Crippen LogP contribution is 2.43. The van der Waals surface area contributed by atoms with Crippen LogP contribution in [0.15, 0.2) is 97.2 Å². The summed E-state index contributed by atoms with van der Waals surface area (Å²) in [6, 6.07) is 0. The lowest BCUT2D eigenvalue weighted by Crippen LogP contribution is -2.29. The Bertz CT molecular complexity index is 1630. The van der Waals surface area contributed by atoms with Crippen LogP contribution in [0.1, 0.15) is 303 Å². The first-order chi connectivity index (χ1) is 39.3. The predicted octanol–water partition coefficient (Wildman–Crippen LogP) is 21.6. The molecule has 0 radical (unpaired) electrons. The number of allylic oxidation sites excluding steroid dienone is 16. The lowest BCUT2D eigenvalue weighted by atomic mass is 10.0. The number of carbonyl (C=O) groups excluding carboxylic acids is 2. The molecule has 0 aliphatic heterocycles. The molecule has 0 saturated carbocycles. The quantitative estimate of drug-likeness (QED) is 0.0264. The molecule has 9 nitrogen and oxygen atoms in total. The van der Waals surface area contributed by atoms with E-state index in [1.165, 1.54) is 173 Å². The minimum Gasteiger partial charge on any atom is -0.462 e. The molecule has 3 N–H and O–H groups in total. The highest BCUT2D eigenvalue weighted by molar-refractivity contribution is 7.47. The molecule has 10 heteroatoms. The van der Waals surface area contributed by atoms with Gasteiger partial charge in [-0.05, 0) is 96.3 Å². The van der Waals surface area contributed by atoms with Crippen LogP contribution < -0.4 is 5.73 Å². The summed E-state index contributed by atoms with van der Waals surface area (Å²) in [5, 5.41) is 0. The van der Waals surface area contributed by atoms with E-state index in [0.29, 0.717) is 6.42 Å². The molecule has 462 valence electrons. The van der Waals surface area contributed by atoms with Crippen molar-refractivity contribution in [3.05, 3.63) is 97.2 Å². The van der Waals surface area contributed by atoms with Crippen molar-refractivity contribution in [2.45, 2.75) is 309 Å². The minimum atomic E-state index is -4.39. The van der Waals surface area contributed by atoms with Gasteiger partial charge in [0.2, 0.25) is 0 Å². The minimum absolute atomic E-state index is 0.0510. The SMILES string of the molecule is CC/C=C\C/C=C\C/C=C\C/C=C\C/C=C\C/C=C\CCCCCCCCCCCCCCCCCCCCCCCCC(=O)OC(COC(=O)CCCCCCCCC/C=C\C/C=C\CCCCCC)COP(=O)(O)OCCN. The van der Waals surface area contributed by atoms with Crippen LogP contribution in [0.5, 0.6) is 0 Å². The first-order valence-electron chi connectivity index (χ1n) is 33.2. The Kier molecular flexibility index (Phi) is 62.6. The monoisotopic (exact) mass is 1140 g/mol. The van der Waals surface area contributed by atoms with Gasteiger partial charge in [-0.25, -0.2) is 4.57 Å². The number of rotatable bonds is 62. The van der Waals surface area contributed by atoms with Crippen molar-refractivity contribution in [3.63, 3.8) is 0 Å². The maximum absolute atomic E-state index is 12.7. The normalized spacial score (nSPS) is 13.6. The zero-order valence-corrected chi connectivity index (χ0v) is 52.7. The second-order valence-corrected chi connectivity index (χ2v) is 23.4. The summed E-state index contributed by atoms with van der Waals surface area (Å²) in [5.74, 6) is -0.828. The van der Waals surface area contributed by atoms with Crippen LogP contribution in [0.3, 0.4) is 0 Å². The van der Waals surface area contributed by atoms with Gasteiger partial charge in [-0.15, -0.1) is 0 Å². The molecular weight excluding hydrogens is 1010 g/mol. The third kappa shape index (κ3) is 64.1. The molecule has 0 aliphatic carbocycles. The molecule has 0 aliphatic rings. The number of nitrogens with two attached hydrogens (primary N) is 1. The molecule has 0 aromatic carbocycles. The van der Waals surface area contributed by atoms with Gasteiger partial charge in [-0.1, -0.05) is 291 Å². The summed E-state index contributed by atoms with van der Waals surface area (Å²) in [6.45, 7) is 3.63. The maximum atomic E-state index is 12.7. The summed E-state index contributed by atoms with van der Waals surface area (Å²) < 4.78 is 33.1. The molecule has 0 fully saturated rings. The molecule has 2 atom stereocenters. The number of esters is 2. The van der Waals surface area contributed by atoms with Gasteiger partial charge in [0.15, 0.2) is 6.10 Å². The first kappa shape index (κ1) is 76.9. The second-order valence-electron chi connectivity index (χ2n) is 22.0. The fraction of sp³-hybridized carbons (Fsp3) is 0.743. The third-order valence-corrected chi connectivity index (χ3v) is 15.2. The van der Waals surface area contributed by atoms with Crippen LogP contribution in [0.25, 0.3) is 0 Å². The molecule has 0 rings (SSSR count). The average molecular weight is 1140 g/mol. The Hall–Kier alpha value is -3.07. The Morgan fingerprint density at radius 1 is 0.388 bits per heavy atom. The Morgan fingerprint density at radius 2 is 0.688 bits per heavy atom. The largest absolute Gasteiger partial charge is 0.472 e. The summed E-state index contributed by atoms with van der Waals surface area (Å²) in [7, 11) is -4.39. The van der Waals surface area contributed by atoms with Crippen LogP contribution in [-0.4, -0.2) is 49.3 Å². The number of hydrogen-bond acceptors (Lipinski definition) is 8. The molecule has 2 unspecified atom stereocenters. The zero-order chi connectivity index (χ0) is 58.0. The summed E-state index contributed by atoms with van der Waals surface area (Å²) in [6.07, 6.45) is 87.8. The Balaban J connectivity index is 3.81. The lowest BCUT2D eigenvalue weighted by Gasteiger charge is -2.19. The van der Waals surface area contributed by atoms with Gasteiger partial charge in [-0.2, -0.15) is 0 Å². The molecule has 0 saturated heterocycles. The number of unbranched alkanes of at least 4 members (excludes halogenated alkanes) is 33. The van der Waals surface area contributed by atoms with E-state index in [1.54, 1.807) is 0 Å².